The van der Waals surface area contributed by atoms with Crippen LogP contribution in [0.25, 0.3) is 0 Å². The molecule has 4 nitrogen and oxygen atoms in total. The van der Waals surface area contributed by atoms with E-state index in [1.807, 2.05) is 0 Å². The molecule has 0 rings (SSSR count). The van der Waals surface area contributed by atoms with Crippen molar-refractivity contribution in [1.82, 2.24) is 19.6 Å². The number of rotatable bonds is 104. The van der Waals surface area contributed by atoms with Gasteiger partial charge in [-0.15, -0.1) is 0 Å². The van der Waals surface area contributed by atoms with Gasteiger partial charge in [-0.2, -0.15) is 0 Å². The largest absolute Gasteiger partial charge is 0.411 e. The Kier molecular flexibility index (Phi) is 137. The zero-order valence-corrected chi connectivity index (χ0v) is 99.5. The van der Waals surface area contributed by atoms with Crippen molar-refractivity contribution >= 4 is 144 Å². The molecule has 0 amide bonds. The van der Waals surface area contributed by atoms with Crippen molar-refractivity contribution in [2.45, 2.75) is 672 Å². The Balaban J connectivity index is -0.000000528. The molecule has 0 fully saturated rings. The van der Waals surface area contributed by atoms with Gasteiger partial charge in [-0.05, 0) is 51.4 Å². The molecule has 0 saturated carbocycles. The van der Waals surface area contributed by atoms with E-state index >= 15 is 0 Å². The van der Waals surface area contributed by atoms with Gasteiger partial charge in [-0.25, -0.2) is 0 Å². The van der Waals surface area contributed by atoms with Gasteiger partial charge in [0.25, 0.3) is 0 Å². The van der Waals surface area contributed by atoms with Gasteiger partial charge < -0.3 is 119 Å². The normalized spacial score (nSPS) is 11.1. The van der Waals surface area contributed by atoms with Crippen LogP contribution in [0.3, 0.4) is 0 Å². The molecule has 0 aromatic rings. The SMILES string of the molecule is CCCCCCCCCCCCCCN(CCCCCCCCCCCCCC)C(=S)[S-].CCCCCCCCCCCCCCN(CCCCCCCCCCCCCC)C(=S)[S-].CCCCCCCCCCCCCCN(CCCCCCCCCCCCCC)C(=S)[S-].CCCCCCCCCCCCCCN(CCCCCCCCCCCCCC)C(=S)[S-].[Pb]. The van der Waals surface area contributed by atoms with E-state index in [0.29, 0.717) is 17.3 Å². The number of hydrogen-bond donors (Lipinski definition) is 0. The fourth-order valence-electron chi connectivity index (χ4n) is 18.3. The molecule has 0 atom stereocenters. The van der Waals surface area contributed by atoms with Crippen molar-refractivity contribution in [3.63, 3.8) is 0 Å². The maximum Gasteiger partial charge on any atom is 0.0162 e. The van der Waals surface area contributed by atoms with Gasteiger partial charge in [0.1, 0.15) is 0 Å². The summed E-state index contributed by atoms with van der Waals surface area (Å²) < 4.78 is 2.76. The van der Waals surface area contributed by atoms with E-state index in [2.05, 4.69) is 75.0 Å². The number of thiocarbonyl (C=S) groups is 4. The second kappa shape index (κ2) is 127. The van der Waals surface area contributed by atoms with E-state index < -0.39 is 0 Å². The third-order valence-electron chi connectivity index (χ3n) is 27.3. The molecular formula is C116H232N4PbS8-4. The topological polar surface area (TPSA) is 13.0 Å². The molecular weight excluding hydrogens is 1910 g/mol. The molecule has 772 valence electrons. The summed E-state index contributed by atoms with van der Waals surface area (Å²) in [6, 6.07) is 0. The van der Waals surface area contributed by atoms with Crippen LogP contribution in [0.5, 0.6) is 0 Å². The summed E-state index contributed by atoms with van der Waals surface area (Å²) in [5, 5.41) is 0. The van der Waals surface area contributed by atoms with Gasteiger partial charge in [0.05, 0.1) is 0 Å². The molecule has 0 bridgehead atoms. The maximum atomic E-state index is 5.33. The third kappa shape index (κ3) is 125. The second-order valence-electron chi connectivity index (χ2n) is 40.1. The fourth-order valence-corrected chi connectivity index (χ4v) is 19.8. The van der Waals surface area contributed by atoms with Crippen LogP contribution in [-0.2, 0) is 50.5 Å². The molecule has 0 spiro atoms. The summed E-state index contributed by atoms with van der Waals surface area (Å²) in [6.07, 6.45) is 134. The summed E-state index contributed by atoms with van der Waals surface area (Å²) in [5.74, 6) is 0. The molecule has 13 heteroatoms. The summed E-state index contributed by atoms with van der Waals surface area (Å²) in [5.41, 5.74) is 0. The van der Waals surface area contributed by atoms with E-state index in [-0.39, 0.29) is 27.3 Å². The van der Waals surface area contributed by atoms with Crippen LogP contribution in [0.15, 0.2) is 0 Å². The van der Waals surface area contributed by atoms with Crippen molar-refractivity contribution < 1.29 is 0 Å². The molecule has 0 N–H and O–H groups in total. The predicted molar refractivity (Wildman–Crippen MR) is 621 cm³/mol. The van der Waals surface area contributed by atoms with Crippen molar-refractivity contribution in [3.05, 3.63) is 0 Å². The van der Waals surface area contributed by atoms with Crippen LogP contribution in [0.1, 0.15) is 672 Å². The number of unbranched alkanes of at least 4 members (excludes halogenated alkanes) is 88. The van der Waals surface area contributed by atoms with Crippen LogP contribution in [0, 0.1) is 0 Å². The molecule has 0 aliphatic heterocycles. The minimum absolute atomic E-state index is 0. The zero-order chi connectivity index (χ0) is 94.2. The molecule has 0 aromatic carbocycles. The first-order valence-electron chi connectivity index (χ1n) is 58.7. The zero-order valence-electron chi connectivity index (χ0n) is 89.1. The maximum absolute atomic E-state index is 5.33. The first kappa shape index (κ1) is 139. The summed E-state index contributed by atoms with van der Waals surface area (Å²) in [7, 11) is 0. The first-order valence-corrected chi connectivity index (χ1v) is 62.0. The molecule has 4 radical (unpaired) electrons. The first-order chi connectivity index (χ1) is 62.9. The van der Waals surface area contributed by atoms with E-state index in [1.54, 1.807) is 0 Å². The van der Waals surface area contributed by atoms with Crippen LogP contribution in [0.2, 0.25) is 0 Å². The monoisotopic (exact) mass is 2150 g/mol. The van der Waals surface area contributed by atoms with E-state index in [4.69, 9.17) is 99.4 Å². The van der Waals surface area contributed by atoms with Gasteiger partial charge in [-0.1, -0.05) is 638 Å². The Hall–Kier alpha value is 1.36. The van der Waals surface area contributed by atoms with Gasteiger partial charge in [-0.3, -0.25) is 0 Å². The molecule has 0 heterocycles. The van der Waals surface area contributed by atoms with Gasteiger partial charge >= 0.3 is 0 Å². The van der Waals surface area contributed by atoms with Crippen molar-refractivity contribution in [3.8, 4) is 0 Å². The van der Waals surface area contributed by atoms with Gasteiger partial charge in [0.2, 0.25) is 0 Å². The average Bonchev–Trinajstić information content (AvgIpc) is 0.982. The van der Waals surface area contributed by atoms with Crippen LogP contribution >= 0.6 is 48.9 Å². The van der Waals surface area contributed by atoms with Crippen molar-refractivity contribution in [2.75, 3.05) is 52.4 Å². The minimum Gasteiger partial charge on any atom is -0.411 e. The van der Waals surface area contributed by atoms with Crippen molar-refractivity contribution in [1.29, 1.82) is 0 Å². The molecule has 0 aliphatic carbocycles. The molecule has 0 saturated heterocycles. The minimum atomic E-state index is 0. The molecule has 0 aromatic heterocycles. The Bertz CT molecular complexity index is 1670. The van der Waals surface area contributed by atoms with Gasteiger partial charge in [0.15, 0.2) is 0 Å². The Morgan fingerprint density at radius 3 is 0.225 bits per heavy atom. The van der Waals surface area contributed by atoms with Crippen LogP contribution < -0.4 is 0 Å². The quantitative estimate of drug-likeness (QED) is 0.0249. The molecule has 0 unspecified atom stereocenters. The Morgan fingerprint density at radius 2 is 0.171 bits per heavy atom. The standard InChI is InChI=1S/4C29H59NS2.Pb/c4*1-3-5-7-9-11-13-15-17-19-21-23-25-27-30(29(31)32)28-26-24-22-20-18-16-14-12-10-8-6-4-2;/h4*3-28H2,1-2H3,(H,31,32);/p-4. The predicted octanol–water partition coefficient (Wildman–Crippen LogP) is 41.7. The average molecular weight is 2150 g/mol. The fraction of sp³-hybridized carbons (Fsp3) is 0.966. The molecule has 129 heavy (non-hydrogen) atoms. The Morgan fingerprint density at radius 1 is 0.116 bits per heavy atom. The summed E-state index contributed by atoms with van der Waals surface area (Å²) in [4.78, 5) is 9.16. The summed E-state index contributed by atoms with van der Waals surface area (Å²) >= 11 is 42.6. The number of nitrogens with zero attached hydrogens (tertiary/aromatic N) is 4. The number of hydrogen-bond acceptors (Lipinski definition) is 8. The van der Waals surface area contributed by atoms with E-state index in [9.17, 15) is 0 Å². The smallest absolute Gasteiger partial charge is 0.0162 e. The van der Waals surface area contributed by atoms with Crippen molar-refractivity contribution in [2.24, 2.45) is 0 Å². The van der Waals surface area contributed by atoms with Crippen LogP contribution in [-0.4, -0.2) is 117 Å². The molecule has 0 aliphatic rings. The Labute approximate surface area is 879 Å². The van der Waals surface area contributed by atoms with E-state index in [1.165, 1.54) is 616 Å². The summed E-state index contributed by atoms with van der Waals surface area (Å²) in [6.45, 7) is 27.0. The van der Waals surface area contributed by atoms with E-state index in [0.717, 1.165) is 52.4 Å². The van der Waals surface area contributed by atoms with Gasteiger partial charge in [0, 0.05) is 79.7 Å². The van der Waals surface area contributed by atoms with Crippen LogP contribution in [0.4, 0.5) is 0 Å². The third-order valence-corrected chi connectivity index (χ3v) is 29.4. The second-order valence-corrected chi connectivity index (χ2v) is 44.3.